The van der Waals surface area contributed by atoms with Gasteiger partial charge in [-0.1, -0.05) is 6.07 Å². The summed E-state index contributed by atoms with van der Waals surface area (Å²) in [5, 5.41) is 0. The van der Waals surface area contributed by atoms with Gasteiger partial charge in [0.25, 0.3) is 5.82 Å². The van der Waals surface area contributed by atoms with Crippen LogP contribution in [0.15, 0.2) is 48.7 Å². The van der Waals surface area contributed by atoms with Crippen LogP contribution in [0.4, 0.5) is 16.3 Å². The molecule has 0 saturated carbocycles. The van der Waals surface area contributed by atoms with Gasteiger partial charge in [-0.3, -0.25) is 0 Å². The molecule has 118 valence electrons. The van der Waals surface area contributed by atoms with E-state index >= 15 is 0 Å². The number of hydrogen-bond donors (Lipinski definition) is 0. The average Bonchev–Trinajstić information content (AvgIpc) is 2.47. The van der Waals surface area contributed by atoms with Gasteiger partial charge in [-0.25, -0.2) is 14.3 Å². The van der Waals surface area contributed by atoms with Crippen LogP contribution < -0.4 is 31.2 Å². The number of aryl methyl sites for hydroxylation is 1. The van der Waals surface area contributed by atoms with Crippen molar-refractivity contribution in [3.8, 4) is 5.75 Å². The lowest BCUT2D eigenvalue weighted by molar-refractivity contribution is -0.658. The van der Waals surface area contributed by atoms with Gasteiger partial charge in [0, 0.05) is 20.2 Å². The van der Waals surface area contributed by atoms with E-state index in [0.717, 1.165) is 11.5 Å². The van der Waals surface area contributed by atoms with Crippen LogP contribution in [0.25, 0.3) is 0 Å². The molecule has 6 heteroatoms. The Morgan fingerprint density at radius 1 is 1.05 bits per heavy atom. The second kappa shape index (κ2) is 7.79. The van der Waals surface area contributed by atoms with Crippen LogP contribution in [-0.2, 0) is 7.05 Å². The number of aromatic nitrogens is 1. The summed E-state index contributed by atoms with van der Waals surface area (Å²) in [6.45, 7) is 0. The smallest absolute Gasteiger partial charge is 0.414 e. The van der Waals surface area contributed by atoms with Gasteiger partial charge in [-0.15, -0.1) is 0 Å². The van der Waals surface area contributed by atoms with Crippen LogP contribution in [-0.4, -0.2) is 32.1 Å². The van der Waals surface area contributed by atoms with Gasteiger partial charge >= 0.3 is 6.09 Å². The van der Waals surface area contributed by atoms with Crippen LogP contribution in [0.5, 0.6) is 5.75 Å². The first-order valence-corrected chi connectivity index (χ1v) is 6.66. The number of pyridine rings is 1. The maximum atomic E-state index is 11.5. The first kappa shape index (κ1) is 18.0. The molecule has 0 saturated heterocycles. The quantitative estimate of drug-likeness (QED) is 0.678. The summed E-state index contributed by atoms with van der Waals surface area (Å²) in [5.41, 5.74) is 1.02. The van der Waals surface area contributed by atoms with Crippen molar-refractivity contribution in [2.24, 2.45) is 7.05 Å². The van der Waals surface area contributed by atoms with Crippen molar-refractivity contribution >= 4 is 17.6 Å². The lowest BCUT2D eigenvalue weighted by Crippen LogP contribution is -3.00. The summed E-state index contributed by atoms with van der Waals surface area (Å²) in [5.74, 6) is 1.60. The number of rotatable bonds is 3. The van der Waals surface area contributed by atoms with Crippen LogP contribution in [0.2, 0.25) is 0 Å². The van der Waals surface area contributed by atoms with Crippen LogP contribution in [0.3, 0.4) is 0 Å². The molecular formula is C16H20BrN3O2. The molecule has 0 aliphatic heterocycles. The summed E-state index contributed by atoms with van der Waals surface area (Å²) < 4.78 is 7.24. The largest absolute Gasteiger partial charge is 1.00 e. The molecule has 1 amide bonds. The molecule has 1 aromatic carbocycles. The Kier molecular flexibility index (Phi) is 6.37. The summed E-state index contributed by atoms with van der Waals surface area (Å²) in [6, 6.07) is 13.4. The van der Waals surface area contributed by atoms with E-state index in [4.69, 9.17) is 4.74 Å². The lowest BCUT2D eigenvalue weighted by atomic mass is 10.2. The van der Waals surface area contributed by atoms with Crippen molar-refractivity contribution in [2.75, 3.05) is 26.0 Å². The van der Waals surface area contributed by atoms with Crippen LogP contribution in [0, 0.1) is 0 Å². The first-order valence-electron chi connectivity index (χ1n) is 6.66. The Labute approximate surface area is 141 Å². The predicted molar refractivity (Wildman–Crippen MR) is 81.8 cm³/mol. The number of benzene rings is 1. The van der Waals surface area contributed by atoms with Crippen molar-refractivity contribution in [1.82, 2.24) is 4.90 Å². The third-order valence-electron chi connectivity index (χ3n) is 3.17. The maximum absolute atomic E-state index is 11.5. The van der Waals surface area contributed by atoms with E-state index in [1.54, 1.807) is 26.2 Å². The number of anilines is 2. The zero-order chi connectivity index (χ0) is 15.4. The minimum absolute atomic E-state index is 0. The number of nitrogens with zero attached hydrogens (tertiary/aromatic N) is 3. The summed E-state index contributed by atoms with van der Waals surface area (Å²) >= 11 is 0. The lowest BCUT2D eigenvalue weighted by Gasteiger charge is -2.14. The molecule has 22 heavy (non-hydrogen) atoms. The molecule has 0 radical (unpaired) electrons. The number of amides is 1. The molecule has 0 aliphatic carbocycles. The second-order valence-electron chi connectivity index (χ2n) is 4.99. The minimum Gasteiger partial charge on any atom is -1.00 e. The molecule has 0 bridgehead atoms. The molecule has 0 aliphatic rings. The fourth-order valence-corrected chi connectivity index (χ4v) is 1.92. The summed E-state index contributed by atoms with van der Waals surface area (Å²) in [7, 11) is 7.30. The molecule has 2 aromatic rings. The van der Waals surface area contributed by atoms with Crippen molar-refractivity contribution in [1.29, 1.82) is 0 Å². The van der Waals surface area contributed by atoms with Crippen molar-refractivity contribution in [2.45, 2.75) is 0 Å². The molecular weight excluding hydrogens is 346 g/mol. The van der Waals surface area contributed by atoms with E-state index in [1.807, 2.05) is 55.2 Å². The highest BCUT2D eigenvalue weighted by Crippen LogP contribution is 2.23. The molecule has 1 heterocycles. The van der Waals surface area contributed by atoms with E-state index in [1.165, 1.54) is 4.90 Å². The number of carbonyl (C=O) groups excluding carboxylic acids is 1. The summed E-state index contributed by atoms with van der Waals surface area (Å²) in [6.07, 6.45) is 1.62. The third kappa shape index (κ3) is 4.21. The maximum Gasteiger partial charge on any atom is 0.414 e. The molecule has 0 unspecified atom stereocenters. The zero-order valence-corrected chi connectivity index (χ0v) is 14.7. The topological polar surface area (TPSA) is 36.7 Å². The highest BCUT2D eigenvalue weighted by Gasteiger charge is 2.15. The van der Waals surface area contributed by atoms with Gasteiger partial charge in [0.05, 0.1) is 20.3 Å². The molecule has 5 nitrogen and oxygen atoms in total. The Morgan fingerprint density at radius 3 is 2.23 bits per heavy atom. The van der Waals surface area contributed by atoms with E-state index in [0.29, 0.717) is 5.75 Å². The van der Waals surface area contributed by atoms with E-state index in [9.17, 15) is 4.79 Å². The SMILES string of the molecule is CN(C)C(=O)Oc1ccc(N(C)c2cccc[n+]2C)cc1.[Br-]. The summed E-state index contributed by atoms with van der Waals surface area (Å²) in [4.78, 5) is 14.9. The van der Waals surface area contributed by atoms with E-state index in [-0.39, 0.29) is 23.1 Å². The van der Waals surface area contributed by atoms with Crippen molar-refractivity contribution in [3.05, 3.63) is 48.7 Å². The standard InChI is InChI=1S/C16H20N3O2.BrH/c1-17(2)16(20)21-14-10-8-13(9-11-14)19(4)15-7-5-6-12-18(15)3;/h5-12H,1-4H3;1H/q+1;/p-1. The fourth-order valence-electron chi connectivity index (χ4n) is 1.92. The predicted octanol–water partition coefficient (Wildman–Crippen LogP) is -0.657. The highest BCUT2D eigenvalue weighted by molar-refractivity contribution is 5.70. The Bertz CT molecular complexity index is 630. The first-order chi connectivity index (χ1) is 9.99. The number of ether oxygens (including phenoxy) is 1. The van der Waals surface area contributed by atoms with Crippen molar-refractivity contribution < 1.29 is 31.1 Å². The number of hydrogen-bond acceptors (Lipinski definition) is 3. The monoisotopic (exact) mass is 365 g/mol. The molecule has 0 N–H and O–H groups in total. The molecule has 1 aromatic heterocycles. The van der Waals surface area contributed by atoms with Crippen molar-refractivity contribution in [3.63, 3.8) is 0 Å². The van der Waals surface area contributed by atoms with Crippen LogP contribution >= 0.6 is 0 Å². The average molecular weight is 366 g/mol. The second-order valence-corrected chi connectivity index (χ2v) is 4.99. The minimum atomic E-state index is -0.384. The zero-order valence-electron chi connectivity index (χ0n) is 13.2. The van der Waals surface area contributed by atoms with Gasteiger partial charge in [0.2, 0.25) is 0 Å². The third-order valence-corrected chi connectivity index (χ3v) is 3.17. The van der Waals surface area contributed by atoms with Gasteiger partial charge in [0.1, 0.15) is 11.4 Å². The Morgan fingerprint density at radius 2 is 1.68 bits per heavy atom. The number of halogens is 1. The van der Waals surface area contributed by atoms with Gasteiger partial charge < -0.3 is 26.6 Å². The Balaban J connectivity index is 0.00000242. The number of carbonyl (C=O) groups is 1. The molecule has 0 atom stereocenters. The highest BCUT2D eigenvalue weighted by atomic mass is 79.9. The fraction of sp³-hybridized carbons (Fsp3) is 0.250. The van der Waals surface area contributed by atoms with E-state index in [2.05, 4.69) is 4.90 Å². The van der Waals surface area contributed by atoms with Gasteiger partial charge in [-0.05, 0) is 30.3 Å². The van der Waals surface area contributed by atoms with E-state index < -0.39 is 0 Å². The molecule has 2 rings (SSSR count). The van der Waals surface area contributed by atoms with Gasteiger partial charge in [-0.2, -0.15) is 0 Å². The molecule has 0 spiro atoms. The van der Waals surface area contributed by atoms with Gasteiger partial charge in [0.15, 0.2) is 0 Å². The Hall–Kier alpha value is -2.08. The van der Waals surface area contributed by atoms with Crippen LogP contribution in [0.1, 0.15) is 0 Å². The normalized spacial score (nSPS) is 9.64. The molecule has 0 fully saturated rings.